The lowest BCUT2D eigenvalue weighted by Crippen LogP contribution is -2.24. The third-order valence-corrected chi connectivity index (χ3v) is 4.91. The minimum atomic E-state index is 0.264. The smallest absolute Gasteiger partial charge is 0.0455 e. The topological polar surface area (TPSA) is 12.0 Å². The Kier molecular flexibility index (Phi) is 7.47. The summed E-state index contributed by atoms with van der Waals surface area (Å²) >= 11 is 14.3. The van der Waals surface area contributed by atoms with E-state index in [9.17, 15) is 0 Å². The van der Waals surface area contributed by atoms with Gasteiger partial charge < -0.3 is 5.32 Å². The van der Waals surface area contributed by atoms with Gasteiger partial charge in [0, 0.05) is 27.1 Å². The number of hydrogen-bond acceptors (Lipinski definition) is 2. The molecule has 0 fully saturated rings. The van der Waals surface area contributed by atoms with Crippen LogP contribution in [-0.2, 0) is 0 Å². The van der Waals surface area contributed by atoms with Crippen LogP contribution in [0.25, 0.3) is 0 Å². The fourth-order valence-corrected chi connectivity index (χ4v) is 3.15. The van der Waals surface area contributed by atoms with Gasteiger partial charge in [0.15, 0.2) is 0 Å². The molecule has 2 atom stereocenters. The van der Waals surface area contributed by atoms with Gasteiger partial charge in [-0.2, -0.15) is 11.8 Å². The van der Waals surface area contributed by atoms with E-state index in [2.05, 4.69) is 26.1 Å². The van der Waals surface area contributed by atoms with Crippen LogP contribution in [0.5, 0.6) is 0 Å². The Hall–Kier alpha value is 0.110. The summed E-state index contributed by atoms with van der Waals surface area (Å²) in [5.74, 6) is 1.02. The molecule has 0 saturated carbocycles. The summed E-state index contributed by atoms with van der Waals surface area (Å²) in [4.78, 5) is 0. The second kappa shape index (κ2) is 8.31. The Labute approximate surface area is 125 Å². The second-order valence-corrected chi connectivity index (χ2v) is 6.64. The van der Waals surface area contributed by atoms with Crippen molar-refractivity contribution in [3.63, 3.8) is 0 Å². The van der Waals surface area contributed by atoms with Gasteiger partial charge in [-0.15, -0.1) is 0 Å². The van der Waals surface area contributed by atoms with E-state index in [1.54, 1.807) is 0 Å². The molecule has 0 saturated heterocycles. The van der Waals surface area contributed by atoms with Crippen LogP contribution in [0.2, 0.25) is 10.0 Å². The summed E-state index contributed by atoms with van der Waals surface area (Å²) in [6.45, 7) is 7.51. The monoisotopic (exact) mass is 305 g/mol. The number of thioether (sulfide) groups is 1. The molecule has 0 aliphatic heterocycles. The van der Waals surface area contributed by atoms with Crippen molar-refractivity contribution in [2.24, 2.45) is 0 Å². The van der Waals surface area contributed by atoms with Crippen molar-refractivity contribution in [1.82, 2.24) is 5.32 Å². The van der Waals surface area contributed by atoms with Crippen molar-refractivity contribution in [3.05, 3.63) is 33.8 Å². The van der Waals surface area contributed by atoms with Crippen molar-refractivity contribution < 1.29 is 0 Å². The maximum Gasteiger partial charge on any atom is 0.0455 e. The van der Waals surface area contributed by atoms with Crippen LogP contribution in [0, 0.1) is 0 Å². The van der Waals surface area contributed by atoms with Gasteiger partial charge in [-0.25, -0.2) is 0 Å². The van der Waals surface area contributed by atoms with Crippen LogP contribution in [-0.4, -0.2) is 17.5 Å². The predicted octanol–water partition coefficient (Wildman–Crippen LogP) is 5.18. The van der Waals surface area contributed by atoms with E-state index in [0.717, 1.165) is 27.9 Å². The first kappa shape index (κ1) is 16.2. The zero-order valence-electron chi connectivity index (χ0n) is 11.2. The van der Waals surface area contributed by atoms with Gasteiger partial charge in [0.25, 0.3) is 0 Å². The molecule has 0 aliphatic rings. The van der Waals surface area contributed by atoms with Crippen molar-refractivity contribution in [2.45, 2.75) is 38.5 Å². The molecule has 0 aromatic heterocycles. The maximum atomic E-state index is 6.27. The molecule has 0 spiro atoms. The molecule has 0 bridgehead atoms. The molecule has 18 heavy (non-hydrogen) atoms. The lowest BCUT2D eigenvalue weighted by atomic mass is 10.1. The molecule has 0 amide bonds. The zero-order valence-corrected chi connectivity index (χ0v) is 13.5. The molecule has 1 N–H and O–H groups in total. The van der Waals surface area contributed by atoms with E-state index in [1.807, 2.05) is 30.0 Å². The van der Waals surface area contributed by atoms with E-state index < -0.39 is 0 Å². The van der Waals surface area contributed by atoms with Crippen molar-refractivity contribution in [2.75, 3.05) is 12.3 Å². The SMILES string of the molecule is CCNC(CSC(C)CC)c1cc(Cl)ccc1Cl. The fraction of sp³-hybridized carbons (Fsp3) is 0.571. The van der Waals surface area contributed by atoms with Crippen LogP contribution < -0.4 is 5.32 Å². The molecular formula is C14H21Cl2NS. The highest BCUT2D eigenvalue weighted by Crippen LogP contribution is 2.30. The molecule has 1 aromatic rings. The molecule has 1 rings (SSSR count). The third-order valence-electron chi connectivity index (χ3n) is 2.91. The Bertz CT molecular complexity index is 371. The maximum absolute atomic E-state index is 6.27. The standard InChI is InChI=1S/C14H21Cl2NS/c1-4-10(3)18-9-14(17-5-2)12-8-11(15)6-7-13(12)16/h6-8,10,14,17H,4-5,9H2,1-3H3. The van der Waals surface area contributed by atoms with E-state index in [0.29, 0.717) is 5.25 Å². The summed E-state index contributed by atoms with van der Waals surface area (Å²) in [6.07, 6.45) is 1.19. The van der Waals surface area contributed by atoms with Gasteiger partial charge in [-0.1, -0.05) is 44.0 Å². The van der Waals surface area contributed by atoms with Crippen LogP contribution in [0.4, 0.5) is 0 Å². The van der Waals surface area contributed by atoms with Crippen LogP contribution in [0.1, 0.15) is 38.8 Å². The lowest BCUT2D eigenvalue weighted by molar-refractivity contribution is 0.605. The first-order chi connectivity index (χ1) is 8.58. The molecule has 0 radical (unpaired) electrons. The lowest BCUT2D eigenvalue weighted by Gasteiger charge is -2.21. The van der Waals surface area contributed by atoms with Crippen molar-refractivity contribution >= 4 is 35.0 Å². The summed E-state index contributed by atoms with van der Waals surface area (Å²) < 4.78 is 0. The summed E-state index contributed by atoms with van der Waals surface area (Å²) in [7, 11) is 0. The van der Waals surface area contributed by atoms with Gasteiger partial charge in [-0.3, -0.25) is 0 Å². The summed E-state index contributed by atoms with van der Waals surface area (Å²) in [6, 6.07) is 5.93. The number of rotatable bonds is 7. The zero-order chi connectivity index (χ0) is 13.5. The van der Waals surface area contributed by atoms with Crippen molar-refractivity contribution in [1.29, 1.82) is 0 Å². The molecule has 1 aromatic carbocycles. The van der Waals surface area contributed by atoms with Gasteiger partial charge >= 0.3 is 0 Å². The van der Waals surface area contributed by atoms with E-state index in [1.165, 1.54) is 6.42 Å². The highest BCUT2D eigenvalue weighted by atomic mass is 35.5. The fourth-order valence-electron chi connectivity index (χ4n) is 1.67. The first-order valence-corrected chi connectivity index (χ1v) is 8.18. The normalized spacial score (nSPS) is 14.5. The van der Waals surface area contributed by atoms with Crippen LogP contribution in [0.3, 0.4) is 0 Å². The molecule has 102 valence electrons. The highest BCUT2D eigenvalue weighted by molar-refractivity contribution is 7.99. The molecule has 1 nitrogen and oxygen atoms in total. The highest BCUT2D eigenvalue weighted by Gasteiger charge is 2.15. The van der Waals surface area contributed by atoms with E-state index in [4.69, 9.17) is 23.2 Å². The van der Waals surface area contributed by atoms with E-state index >= 15 is 0 Å². The van der Waals surface area contributed by atoms with Gasteiger partial charge in [0.1, 0.15) is 0 Å². The number of benzene rings is 1. The molecule has 2 unspecified atom stereocenters. The molecule has 0 heterocycles. The van der Waals surface area contributed by atoms with Crippen molar-refractivity contribution in [3.8, 4) is 0 Å². The Balaban J connectivity index is 2.79. The van der Waals surface area contributed by atoms with Gasteiger partial charge in [0.2, 0.25) is 0 Å². The Morgan fingerprint density at radius 1 is 1.28 bits per heavy atom. The molecule has 0 aliphatic carbocycles. The summed E-state index contributed by atoms with van der Waals surface area (Å²) in [5.41, 5.74) is 1.10. The predicted molar refractivity (Wildman–Crippen MR) is 85.1 cm³/mol. The number of nitrogens with one attached hydrogen (secondary N) is 1. The van der Waals surface area contributed by atoms with Crippen LogP contribution in [0.15, 0.2) is 18.2 Å². The average molecular weight is 306 g/mol. The van der Waals surface area contributed by atoms with E-state index in [-0.39, 0.29) is 6.04 Å². The number of hydrogen-bond donors (Lipinski definition) is 1. The molecular weight excluding hydrogens is 285 g/mol. The van der Waals surface area contributed by atoms with Gasteiger partial charge in [0.05, 0.1) is 0 Å². The summed E-state index contributed by atoms with van der Waals surface area (Å²) in [5, 5.41) is 5.68. The average Bonchev–Trinajstić information content (AvgIpc) is 2.37. The Morgan fingerprint density at radius 3 is 2.61 bits per heavy atom. The largest absolute Gasteiger partial charge is 0.309 e. The second-order valence-electron chi connectivity index (χ2n) is 4.33. The van der Waals surface area contributed by atoms with Crippen LogP contribution >= 0.6 is 35.0 Å². The first-order valence-electron chi connectivity index (χ1n) is 6.38. The Morgan fingerprint density at radius 2 is 2.00 bits per heavy atom. The third kappa shape index (κ3) is 5.00. The minimum Gasteiger partial charge on any atom is -0.309 e. The van der Waals surface area contributed by atoms with Gasteiger partial charge in [-0.05, 0) is 36.7 Å². The molecule has 4 heteroatoms. The number of halogens is 2. The minimum absolute atomic E-state index is 0.264. The quantitative estimate of drug-likeness (QED) is 0.745.